The quantitative estimate of drug-likeness (QED) is 0.892. The Kier molecular flexibility index (Phi) is 4.36. The van der Waals surface area contributed by atoms with E-state index in [1.54, 1.807) is 6.92 Å². The minimum absolute atomic E-state index is 0.0376. The van der Waals surface area contributed by atoms with Crippen molar-refractivity contribution in [3.05, 3.63) is 29.3 Å². The van der Waals surface area contributed by atoms with Crippen molar-refractivity contribution in [1.29, 1.82) is 0 Å². The number of aliphatic hydroxyl groups excluding tert-OH is 1. The number of hydrogen-bond acceptors (Lipinski definition) is 4. The van der Waals surface area contributed by atoms with Gasteiger partial charge < -0.3 is 14.7 Å². The molecule has 1 fully saturated rings. The summed E-state index contributed by atoms with van der Waals surface area (Å²) in [6.07, 6.45) is 0.396. The normalized spacial score (nSPS) is 25.5. The van der Waals surface area contributed by atoms with Crippen LogP contribution >= 0.6 is 0 Å². The number of para-hydroxylation sites is 1. The van der Waals surface area contributed by atoms with Crippen LogP contribution in [0, 0.1) is 0 Å². The highest BCUT2D eigenvalue weighted by Crippen LogP contribution is 2.39. The van der Waals surface area contributed by atoms with E-state index in [9.17, 15) is 9.90 Å². The van der Waals surface area contributed by atoms with Crippen molar-refractivity contribution < 1.29 is 14.6 Å². The van der Waals surface area contributed by atoms with Gasteiger partial charge in [0, 0.05) is 38.7 Å². The Labute approximate surface area is 131 Å². The van der Waals surface area contributed by atoms with Crippen LogP contribution in [0.25, 0.3) is 0 Å². The molecule has 1 saturated heterocycles. The number of hydrogen-bond donors (Lipinski definition) is 1. The summed E-state index contributed by atoms with van der Waals surface area (Å²) in [6.45, 7) is 7.09. The molecule has 5 heteroatoms. The van der Waals surface area contributed by atoms with E-state index in [0.717, 1.165) is 43.9 Å². The number of aliphatic hydroxyl groups is 1. The summed E-state index contributed by atoms with van der Waals surface area (Å²) in [5.41, 5.74) is 2.27. The third-order valence-electron chi connectivity index (χ3n) is 4.74. The molecule has 0 spiro atoms. The van der Waals surface area contributed by atoms with E-state index in [-0.39, 0.29) is 11.9 Å². The fourth-order valence-corrected chi connectivity index (χ4v) is 3.51. The van der Waals surface area contributed by atoms with Crippen molar-refractivity contribution in [2.45, 2.75) is 32.4 Å². The van der Waals surface area contributed by atoms with Crippen LogP contribution in [0.3, 0.4) is 0 Å². The fraction of sp³-hybridized carbons (Fsp3) is 0.588. The van der Waals surface area contributed by atoms with Crippen LogP contribution in [0.4, 0.5) is 0 Å². The Morgan fingerprint density at radius 3 is 2.68 bits per heavy atom. The van der Waals surface area contributed by atoms with Gasteiger partial charge in [-0.2, -0.15) is 0 Å². The number of benzene rings is 1. The molecule has 0 radical (unpaired) electrons. The van der Waals surface area contributed by atoms with Crippen LogP contribution in [0.15, 0.2) is 18.2 Å². The predicted molar refractivity (Wildman–Crippen MR) is 83.9 cm³/mol. The van der Waals surface area contributed by atoms with Gasteiger partial charge in [0.25, 0.3) is 0 Å². The van der Waals surface area contributed by atoms with Crippen molar-refractivity contribution in [3.8, 4) is 5.75 Å². The molecule has 1 aromatic carbocycles. The first-order chi connectivity index (χ1) is 10.6. The molecule has 2 aliphatic heterocycles. The van der Waals surface area contributed by atoms with Crippen molar-refractivity contribution in [2.75, 3.05) is 32.8 Å². The lowest BCUT2D eigenvalue weighted by atomic mass is 9.93. The summed E-state index contributed by atoms with van der Waals surface area (Å²) < 4.78 is 5.80. The van der Waals surface area contributed by atoms with Crippen LogP contribution < -0.4 is 4.74 Å². The van der Waals surface area contributed by atoms with Gasteiger partial charge in [-0.15, -0.1) is 0 Å². The average Bonchev–Trinajstić information content (AvgIpc) is 2.54. The summed E-state index contributed by atoms with van der Waals surface area (Å²) in [4.78, 5) is 15.6. The van der Waals surface area contributed by atoms with E-state index in [4.69, 9.17) is 4.74 Å². The van der Waals surface area contributed by atoms with Gasteiger partial charge in [-0.1, -0.05) is 25.1 Å². The van der Waals surface area contributed by atoms with Gasteiger partial charge in [0.1, 0.15) is 18.5 Å². The second kappa shape index (κ2) is 6.26. The van der Waals surface area contributed by atoms with Gasteiger partial charge >= 0.3 is 0 Å². The fourth-order valence-electron chi connectivity index (χ4n) is 3.51. The van der Waals surface area contributed by atoms with E-state index in [1.807, 2.05) is 11.0 Å². The zero-order chi connectivity index (χ0) is 15.7. The highest BCUT2D eigenvalue weighted by molar-refractivity contribution is 5.73. The van der Waals surface area contributed by atoms with Crippen LogP contribution in [0.2, 0.25) is 0 Å². The first kappa shape index (κ1) is 15.3. The smallest absolute Gasteiger partial charge is 0.219 e. The Hall–Kier alpha value is -1.59. The number of carbonyl (C=O) groups is 1. The maximum absolute atomic E-state index is 11.5. The molecular weight excluding hydrogens is 280 g/mol. The highest BCUT2D eigenvalue weighted by atomic mass is 16.5. The maximum Gasteiger partial charge on any atom is 0.219 e. The third-order valence-corrected chi connectivity index (χ3v) is 4.74. The van der Waals surface area contributed by atoms with E-state index >= 15 is 0 Å². The number of fused-ring (bicyclic) bond motifs is 1. The third kappa shape index (κ3) is 2.71. The molecule has 1 amide bonds. The molecule has 2 unspecified atom stereocenters. The Morgan fingerprint density at radius 2 is 2.05 bits per heavy atom. The zero-order valence-electron chi connectivity index (χ0n) is 13.3. The summed E-state index contributed by atoms with van der Waals surface area (Å²) in [7, 11) is 0. The predicted octanol–water partition coefficient (Wildman–Crippen LogP) is 1.21. The van der Waals surface area contributed by atoms with Gasteiger partial charge in [0.05, 0.1) is 6.04 Å². The molecule has 0 aromatic heterocycles. The largest absolute Gasteiger partial charge is 0.490 e. The van der Waals surface area contributed by atoms with Gasteiger partial charge in [0.15, 0.2) is 0 Å². The van der Waals surface area contributed by atoms with Crippen LogP contribution in [0.1, 0.15) is 31.0 Å². The van der Waals surface area contributed by atoms with Crippen molar-refractivity contribution in [3.63, 3.8) is 0 Å². The number of carbonyl (C=O) groups excluding carboxylic acids is 1. The molecule has 2 aliphatic rings. The van der Waals surface area contributed by atoms with Gasteiger partial charge in [-0.05, 0) is 12.0 Å². The molecule has 120 valence electrons. The number of ether oxygens (including phenoxy) is 1. The number of nitrogens with zero attached hydrogens (tertiary/aromatic N) is 2. The molecule has 1 aromatic rings. The van der Waals surface area contributed by atoms with E-state index in [2.05, 4.69) is 24.0 Å². The zero-order valence-corrected chi connectivity index (χ0v) is 13.3. The standard InChI is InChI=1S/C17H24N2O3/c1-3-13-5-4-6-14-16(15(21)11-22-17(13)14)19-9-7-18(8-10-19)12(2)20/h4-6,15-16,21H,3,7-11H2,1-2H3. The molecule has 0 saturated carbocycles. The maximum atomic E-state index is 11.5. The van der Waals surface area contributed by atoms with E-state index in [0.29, 0.717) is 6.61 Å². The Balaban J connectivity index is 1.84. The lowest BCUT2D eigenvalue weighted by Crippen LogP contribution is -2.52. The minimum atomic E-state index is -0.525. The minimum Gasteiger partial charge on any atom is -0.490 e. The molecule has 2 atom stereocenters. The lowest BCUT2D eigenvalue weighted by Gasteiger charge is -2.43. The number of amides is 1. The number of aryl methyl sites for hydroxylation is 1. The molecule has 1 N–H and O–H groups in total. The molecular formula is C17H24N2O3. The van der Waals surface area contributed by atoms with Gasteiger partial charge in [0.2, 0.25) is 5.91 Å². The highest BCUT2D eigenvalue weighted by Gasteiger charge is 2.36. The molecule has 0 bridgehead atoms. The summed E-state index contributed by atoms with van der Waals surface area (Å²) in [6, 6.07) is 6.14. The van der Waals surface area contributed by atoms with Crippen LogP contribution in [0.5, 0.6) is 5.75 Å². The molecule has 2 heterocycles. The number of rotatable bonds is 2. The molecule has 22 heavy (non-hydrogen) atoms. The van der Waals surface area contributed by atoms with Crippen LogP contribution in [-0.2, 0) is 11.2 Å². The van der Waals surface area contributed by atoms with Crippen molar-refractivity contribution in [2.24, 2.45) is 0 Å². The Bertz CT molecular complexity index is 553. The first-order valence-corrected chi connectivity index (χ1v) is 8.04. The topological polar surface area (TPSA) is 53.0 Å². The molecule has 5 nitrogen and oxygen atoms in total. The lowest BCUT2D eigenvalue weighted by molar-refractivity contribution is -0.131. The monoisotopic (exact) mass is 304 g/mol. The summed E-state index contributed by atoms with van der Waals surface area (Å²) >= 11 is 0. The first-order valence-electron chi connectivity index (χ1n) is 8.04. The SMILES string of the molecule is CCc1cccc2c1OCC(O)C2N1CCN(C(C)=O)CC1. The molecule has 3 rings (SSSR count). The summed E-state index contributed by atoms with van der Waals surface area (Å²) in [5, 5.41) is 10.5. The van der Waals surface area contributed by atoms with Crippen molar-refractivity contribution in [1.82, 2.24) is 9.80 Å². The van der Waals surface area contributed by atoms with E-state index < -0.39 is 6.10 Å². The average molecular weight is 304 g/mol. The second-order valence-corrected chi connectivity index (χ2v) is 6.05. The summed E-state index contributed by atoms with van der Waals surface area (Å²) in [5.74, 6) is 1.06. The van der Waals surface area contributed by atoms with E-state index in [1.165, 1.54) is 5.56 Å². The molecule has 0 aliphatic carbocycles. The Morgan fingerprint density at radius 1 is 1.32 bits per heavy atom. The van der Waals surface area contributed by atoms with Gasteiger partial charge in [-0.3, -0.25) is 9.69 Å². The van der Waals surface area contributed by atoms with Crippen molar-refractivity contribution >= 4 is 5.91 Å². The van der Waals surface area contributed by atoms with Gasteiger partial charge in [-0.25, -0.2) is 0 Å². The van der Waals surface area contributed by atoms with Crippen LogP contribution in [-0.4, -0.2) is 59.7 Å². The second-order valence-electron chi connectivity index (χ2n) is 6.05. The number of piperazine rings is 1.